The van der Waals surface area contributed by atoms with Crippen LogP contribution in [0.1, 0.15) is 0 Å². The summed E-state index contributed by atoms with van der Waals surface area (Å²) in [7, 11) is -20.1. The first kappa shape index (κ1) is 56.7. The summed E-state index contributed by atoms with van der Waals surface area (Å²) in [5.74, 6) is -1.67. The minimum absolute atomic E-state index is 0. The monoisotopic (exact) mass is 916 g/mol. The van der Waals surface area contributed by atoms with Crippen molar-refractivity contribution in [3.05, 3.63) is 60.7 Å². The molecule has 1 heterocycles. The van der Waals surface area contributed by atoms with Gasteiger partial charge in [-0.1, -0.05) is 12.1 Å². The molecule has 0 unspecified atom stereocenters. The Morgan fingerprint density at radius 2 is 1.05 bits per heavy atom. The maximum atomic E-state index is 11.9. The smallest absolute Gasteiger partial charge is 0.748 e. The molecule has 31 heteroatoms. The molecular weight excluding hydrogens is 900 g/mol. The average Bonchev–Trinajstić information content (AvgIpc) is 3.00. The summed E-state index contributed by atoms with van der Waals surface area (Å²) in [5, 5.41) is 21.4. The van der Waals surface area contributed by atoms with Crippen LogP contribution in [-0.4, -0.2) is 79.1 Å². The van der Waals surface area contributed by atoms with E-state index in [0.29, 0.717) is 18.1 Å². The predicted molar refractivity (Wildman–Crippen MR) is 169 cm³/mol. The third-order valence-electron chi connectivity index (χ3n) is 6.54. The molecule has 0 aliphatic heterocycles. The van der Waals surface area contributed by atoms with Gasteiger partial charge in [-0.3, -0.25) is 5.04 Å². The van der Waals surface area contributed by atoms with E-state index < -0.39 is 67.5 Å². The number of hydrogen-bond donors (Lipinski definition) is 3. The molecule has 3 N–H and O–H groups in total. The molecule has 0 aliphatic rings. The molecule has 0 saturated heterocycles. The minimum atomic E-state index is -5.23. The van der Waals surface area contributed by atoms with Gasteiger partial charge in [-0.15, -0.1) is 0 Å². The van der Waals surface area contributed by atoms with Crippen LogP contribution in [-0.2, 0) is 49.8 Å². The van der Waals surface area contributed by atoms with Crippen LogP contribution in [0.3, 0.4) is 0 Å². The van der Waals surface area contributed by atoms with Gasteiger partial charge in [-0.25, -0.2) is 33.7 Å². The molecule has 1 aromatic heterocycles. The first-order chi connectivity index (χ1) is 23.7. The van der Waals surface area contributed by atoms with Crippen molar-refractivity contribution in [1.82, 2.24) is 15.0 Å². The van der Waals surface area contributed by atoms with Gasteiger partial charge in [-0.05, 0) is 70.1 Å². The quantitative estimate of drug-likeness (QED) is 0.0306. The number of nitrogens with zero attached hydrogens (tertiary/aromatic N) is 3. The molecule has 0 aliphatic carbocycles. The minimum Gasteiger partial charge on any atom is -0.748 e. The van der Waals surface area contributed by atoms with E-state index in [1.807, 2.05) is 0 Å². The molecule has 0 atom stereocenters. The summed E-state index contributed by atoms with van der Waals surface area (Å²) in [6.07, 6.45) is 0. The number of hydrogen-bond acceptors (Lipinski definition) is 22. The van der Waals surface area contributed by atoms with Gasteiger partial charge in [0.05, 0.1) is 42.6 Å². The number of aromatic nitrogens is 3. The Bertz CT molecular complexity index is 2650. The van der Waals surface area contributed by atoms with Gasteiger partial charge in [0.15, 0.2) is 0 Å². The van der Waals surface area contributed by atoms with E-state index in [0.717, 1.165) is 18.2 Å². The van der Waals surface area contributed by atoms with Gasteiger partial charge in [0.1, 0.15) is 30.4 Å². The molecule has 21 nitrogen and oxygen atoms in total. The third-order valence-corrected chi connectivity index (χ3v) is 10.4. The van der Waals surface area contributed by atoms with E-state index in [1.54, 1.807) is 0 Å². The van der Waals surface area contributed by atoms with Crippen LogP contribution < -0.4 is 169 Å². The molecule has 0 fully saturated rings. The van der Waals surface area contributed by atoms with Crippen molar-refractivity contribution in [1.29, 1.82) is 0 Å². The fraction of sp³-hybridized carbons (Fsp3) is 0.0800. The van der Waals surface area contributed by atoms with Crippen LogP contribution in [0.5, 0.6) is 0 Å². The van der Waals surface area contributed by atoms with Crippen LogP contribution >= 0.6 is 12.0 Å². The molecule has 0 amide bonds. The Hall–Kier alpha value is 0.680. The second kappa shape index (κ2) is 23.2. The van der Waals surface area contributed by atoms with Crippen LogP contribution in [0.15, 0.2) is 80.2 Å². The molecule has 0 saturated carbocycles. The van der Waals surface area contributed by atoms with Crippen molar-refractivity contribution < 1.29 is 214 Å². The zero-order valence-corrected chi connectivity index (χ0v) is 43.8. The Morgan fingerprint density at radius 1 is 0.589 bits per heavy atom. The molecule has 5 aromatic rings. The zero-order chi connectivity index (χ0) is 37.4. The first-order valence-corrected chi connectivity index (χ1v) is 19.9. The van der Waals surface area contributed by atoms with Crippen molar-refractivity contribution in [2.75, 3.05) is 28.2 Å². The molecule has 0 radical (unpaired) electrons. The number of nitrogens with one attached hydrogen (secondary N) is 3. The van der Waals surface area contributed by atoms with Gasteiger partial charge in [0, 0.05) is 22.8 Å². The molecule has 0 spiro atoms. The summed E-state index contributed by atoms with van der Waals surface area (Å²) in [6, 6.07) is 11.2. The summed E-state index contributed by atoms with van der Waals surface area (Å²) in [5.41, 5.74) is 0.252. The van der Waals surface area contributed by atoms with Crippen LogP contribution in [0.2, 0.25) is 0 Å². The van der Waals surface area contributed by atoms with Crippen molar-refractivity contribution in [3.8, 4) is 0 Å². The Labute approximate surface area is 434 Å². The van der Waals surface area contributed by atoms with E-state index >= 15 is 0 Å². The van der Waals surface area contributed by atoms with Crippen molar-refractivity contribution in [3.63, 3.8) is 0 Å². The summed E-state index contributed by atoms with van der Waals surface area (Å²) < 4.78 is 144. The molecular formula is C25H17N6Na5O15S5. The second-order valence-electron chi connectivity index (χ2n) is 10.0. The standard InChI is InChI=1S/C25H22N6O15S5.5Na/c32-45-46-47-17-9-13-7-15(1-3-19(13)21(11-17)50(39,40)41)27-24-29-23(26-5-6-48(33,34)35)30-25(31-24)28-16-2-4-20-14(8-16)10-18(49(36,37)38)12-22(20)51(42,43)44;;;;;/h1-4,7-12,32H,5-6H2,(H,33,34,35)(H,36,37,38)(H,39,40,41)(H,42,43,44)(H3,26,27,28,29,30,31);;;;;/q;5*+1/p-5. The van der Waals surface area contributed by atoms with E-state index in [1.165, 1.54) is 36.4 Å². The number of fused-ring (bicyclic) bond motifs is 2. The molecule has 56 heavy (non-hydrogen) atoms. The average molecular weight is 917 g/mol. The fourth-order valence-electron chi connectivity index (χ4n) is 4.54. The Kier molecular flexibility index (Phi) is 23.5. The van der Waals surface area contributed by atoms with E-state index in [4.69, 9.17) is 0 Å². The maximum absolute atomic E-state index is 11.9. The van der Waals surface area contributed by atoms with E-state index in [9.17, 15) is 57.1 Å². The predicted octanol–water partition coefficient (Wildman–Crippen LogP) is -14.4. The first-order valence-electron chi connectivity index (χ1n) is 13.3. The van der Waals surface area contributed by atoms with Crippen LogP contribution in [0.4, 0.5) is 29.2 Å². The molecule has 0 bridgehead atoms. The zero-order valence-electron chi connectivity index (χ0n) is 29.7. The van der Waals surface area contributed by atoms with Gasteiger partial charge in [0.25, 0.3) is 0 Å². The Balaban J connectivity index is 0.00000605. The third kappa shape index (κ3) is 15.9. The van der Waals surface area contributed by atoms with Crippen molar-refractivity contribution in [2.24, 2.45) is 0 Å². The number of benzene rings is 4. The molecule has 5 rings (SSSR count). The fourth-order valence-corrected chi connectivity index (χ4v) is 7.48. The maximum Gasteiger partial charge on any atom is 1.00 e. The van der Waals surface area contributed by atoms with E-state index in [2.05, 4.69) is 40.3 Å². The van der Waals surface area contributed by atoms with Gasteiger partial charge < -0.3 is 39.4 Å². The van der Waals surface area contributed by atoms with Gasteiger partial charge in [-0.2, -0.15) is 19.3 Å². The number of rotatable bonds is 14. The topological polar surface area (TPSA) is 345 Å². The summed E-state index contributed by atoms with van der Waals surface area (Å²) in [6.45, 7) is -0.443. The molecule has 4 aromatic carbocycles. The SMILES string of the molecule is O=S(=O)([O-])CCNc1nc(Nc2ccc3c(S(=O)(=O)[O-])cc(SOO[O-])cc3c2)nc(Nc2ccc3c(S(=O)(=O)[O-])cc(S(=O)(=O)[O-])cc3c2)n1.[Na+].[Na+].[Na+].[Na+].[Na+]. The van der Waals surface area contributed by atoms with Crippen LogP contribution in [0, 0.1) is 0 Å². The van der Waals surface area contributed by atoms with E-state index in [-0.39, 0.29) is 203 Å². The second-order valence-corrected chi connectivity index (χ2v) is 16.4. The Morgan fingerprint density at radius 3 is 1.50 bits per heavy atom. The van der Waals surface area contributed by atoms with Crippen molar-refractivity contribution >= 4 is 103 Å². The largest absolute Gasteiger partial charge is 1.00 e. The summed E-state index contributed by atoms with van der Waals surface area (Å²) >= 11 is 0.330. The summed E-state index contributed by atoms with van der Waals surface area (Å²) in [4.78, 5) is 9.81. The number of anilines is 5. The van der Waals surface area contributed by atoms with Crippen LogP contribution in [0.25, 0.3) is 21.5 Å². The normalized spacial score (nSPS) is 11.5. The van der Waals surface area contributed by atoms with Gasteiger partial charge in [0.2, 0.25) is 17.8 Å². The molecule has 272 valence electrons. The van der Waals surface area contributed by atoms with Crippen molar-refractivity contribution in [2.45, 2.75) is 19.6 Å². The van der Waals surface area contributed by atoms with Gasteiger partial charge >= 0.3 is 148 Å².